The first-order valence-electron chi connectivity index (χ1n) is 7.04. The fourth-order valence-electron chi connectivity index (χ4n) is 2.81. The standard InChI is InChI=1S/C15H25N3O/c1-4-12-11-17(2)8-5-9-18(12)15-10-13(19-3)6-7-14(15)16/h6-7,10,12H,4-5,8-9,11,16H2,1-3H3. The highest BCUT2D eigenvalue weighted by Gasteiger charge is 2.23. The molecule has 1 fully saturated rings. The molecule has 1 atom stereocenters. The van der Waals surface area contributed by atoms with Crippen molar-refractivity contribution < 1.29 is 4.74 Å². The number of likely N-dealkylation sites (N-methyl/N-ethyl adjacent to an activating group) is 1. The van der Waals surface area contributed by atoms with Gasteiger partial charge in [-0.1, -0.05) is 6.92 Å². The third kappa shape index (κ3) is 3.13. The van der Waals surface area contributed by atoms with E-state index in [1.165, 1.54) is 6.42 Å². The summed E-state index contributed by atoms with van der Waals surface area (Å²) in [4.78, 5) is 4.85. The van der Waals surface area contributed by atoms with E-state index in [2.05, 4.69) is 29.8 Å². The number of anilines is 2. The highest BCUT2D eigenvalue weighted by molar-refractivity contribution is 5.70. The SMILES string of the molecule is CCC1CN(C)CCCN1c1cc(OC)ccc1N. The van der Waals surface area contributed by atoms with Crippen molar-refractivity contribution >= 4 is 11.4 Å². The Morgan fingerprint density at radius 1 is 1.37 bits per heavy atom. The maximum atomic E-state index is 6.17. The van der Waals surface area contributed by atoms with E-state index in [-0.39, 0.29) is 0 Å². The summed E-state index contributed by atoms with van der Waals surface area (Å²) >= 11 is 0. The van der Waals surface area contributed by atoms with Crippen LogP contribution in [0.25, 0.3) is 0 Å². The van der Waals surface area contributed by atoms with Gasteiger partial charge in [0.25, 0.3) is 0 Å². The van der Waals surface area contributed by atoms with E-state index in [1.54, 1.807) is 7.11 Å². The second kappa shape index (κ2) is 6.15. The van der Waals surface area contributed by atoms with E-state index >= 15 is 0 Å². The summed E-state index contributed by atoms with van der Waals surface area (Å²) in [5.41, 5.74) is 8.12. The quantitative estimate of drug-likeness (QED) is 0.849. The fourth-order valence-corrected chi connectivity index (χ4v) is 2.81. The molecule has 1 aliphatic rings. The first-order chi connectivity index (χ1) is 9.15. The van der Waals surface area contributed by atoms with Gasteiger partial charge in [0.2, 0.25) is 0 Å². The zero-order valence-corrected chi connectivity index (χ0v) is 12.2. The number of ether oxygens (including phenoxy) is 1. The van der Waals surface area contributed by atoms with E-state index in [0.717, 1.165) is 43.2 Å². The van der Waals surface area contributed by atoms with Gasteiger partial charge in [0.05, 0.1) is 18.5 Å². The van der Waals surface area contributed by atoms with Crippen molar-refractivity contribution in [1.82, 2.24) is 4.90 Å². The highest BCUT2D eigenvalue weighted by Crippen LogP contribution is 2.31. The molecule has 2 N–H and O–H groups in total. The molecule has 19 heavy (non-hydrogen) atoms. The van der Waals surface area contributed by atoms with Gasteiger partial charge in [0, 0.05) is 25.2 Å². The molecule has 4 nitrogen and oxygen atoms in total. The molecule has 106 valence electrons. The lowest BCUT2D eigenvalue weighted by Crippen LogP contribution is -2.40. The van der Waals surface area contributed by atoms with Crippen LogP contribution in [0.3, 0.4) is 0 Å². The Morgan fingerprint density at radius 2 is 2.16 bits per heavy atom. The number of nitrogens with zero attached hydrogens (tertiary/aromatic N) is 2. The lowest BCUT2D eigenvalue weighted by atomic mass is 10.1. The van der Waals surface area contributed by atoms with E-state index in [9.17, 15) is 0 Å². The van der Waals surface area contributed by atoms with Crippen LogP contribution in [0.1, 0.15) is 19.8 Å². The molecular weight excluding hydrogens is 238 g/mol. The van der Waals surface area contributed by atoms with E-state index in [4.69, 9.17) is 10.5 Å². The summed E-state index contributed by atoms with van der Waals surface area (Å²) in [5, 5.41) is 0. The normalized spacial score (nSPS) is 21.2. The van der Waals surface area contributed by atoms with Crippen LogP contribution in [0.2, 0.25) is 0 Å². The van der Waals surface area contributed by atoms with Crippen LogP contribution < -0.4 is 15.4 Å². The number of rotatable bonds is 3. The minimum absolute atomic E-state index is 0.516. The molecule has 1 unspecified atom stereocenters. The molecule has 4 heteroatoms. The maximum absolute atomic E-state index is 6.17. The van der Waals surface area contributed by atoms with Crippen LogP contribution in [0.15, 0.2) is 18.2 Å². The Bertz CT molecular complexity index is 422. The molecule has 0 amide bonds. The molecule has 1 aromatic carbocycles. The van der Waals surface area contributed by atoms with Crippen molar-refractivity contribution in [3.63, 3.8) is 0 Å². The summed E-state index contributed by atoms with van der Waals surface area (Å²) < 4.78 is 5.33. The molecule has 1 saturated heterocycles. The number of benzene rings is 1. The molecule has 0 radical (unpaired) electrons. The van der Waals surface area contributed by atoms with E-state index in [1.807, 2.05) is 12.1 Å². The Balaban J connectivity index is 2.31. The zero-order valence-electron chi connectivity index (χ0n) is 12.2. The molecule has 0 bridgehead atoms. The topological polar surface area (TPSA) is 41.7 Å². The van der Waals surface area contributed by atoms with Gasteiger partial charge in [0.1, 0.15) is 5.75 Å². The van der Waals surface area contributed by atoms with Crippen molar-refractivity contribution in [3.8, 4) is 5.75 Å². The molecule has 0 spiro atoms. The predicted molar refractivity (Wildman–Crippen MR) is 80.9 cm³/mol. The van der Waals surface area contributed by atoms with Crippen LogP contribution in [0, 0.1) is 0 Å². The van der Waals surface area contributed by atoms with Gasteiger partial charge in [0.15, 0.2) is 0 Å². The fraction of sp³-hybridized carbons (Fsp3) is 0.600. The molecule has 0 saturated carbocycles. The third-order valence-corrected chi connectivity index (χ3v) is 3.92. The van der Waals surface area contributed by atoms with Crippen molar-refractivity contribution in [2.45, 2.75) is 25.8 Å². The smallest absolute Gasteiger partial charge is 0.121 e. The molecule has 1 aromatic rings. The average Bonchev–Trinajstić information content (AvgIpc) is 2.60. The van der Waals surface area contributed by atoms with Crippen molar-refractivity contribution in [3.05, 3.63) is 18.2 Å². The highest BCUT2D eigenvalue weighted by atomic mass is 16.5. The third-order valence-electron chi connectivity index (χ3n) is 3.92. The minimum atomic E-state index is 0.516. The lowest BCUT2D eigenvalue weighted by Gasteiger charge is -2.33. The van der Waals surface area contributed by atoms with Gasteiger partial charge in [-0.05, 0) is 38.6 Å². The first kappa shape index (κ1) is 14.0. The molecule has 0 aliphatic carbocycles. The summed E-state index contributed by atoms with van der Waals surface area (Å²) in [5.74, 6) is 0.872. The summed E-state index contributed by atoms with van der Waals surface area (Å²) in [7, 11) is 3.89. The molecule has 0 aromatic heterocycles. The van der Waals surface area contributed by atoms with Gasteiger partial charge in [-0.2, -0.15) is 0 Å². The lowest BCUT2D eigenvalue weighted by molar-refractivity contribution is 0.328. The van der Waals surface area contributed by atoms with Crippen LogP contribution >= 0.6 is 0 Å². The van der Waals surface area contributed by atoms with Crippen LogP contribution in [-0.4, -0.2) is 44.7 Å². The monoisotopic (exact) mass is 263 g/mol. The van der Waals surface area contributed by atoms with Crippen molar-refractivity contribution in [2.24, 2.45) is 0 Å². The van der Waals surface area contributed by atoms with Gasteiger partial charge in [-0.15, -0.1) is 0 Å². The minimum Gasteiger partial charge on any atom is -0.497 e. The van der Waals surface area contributed by atoms with Crippen molar-refractivity contribution in [1.29, 1.82) is 0 Å². The number of nitrogen functional groups attached to an aromatic ring is 1. The zero-order chi connectivity index (χ0) is 13.8. The predicted octanol–water partition coefficient (Wildman–Crippen LogP) is 2.20. The van der Waals surface area contributed by atoms with Gasteiger partial charge in [-0.25, -0.2) is 0 Å². The average molecular weight is 263 g/mol. The number of methoxy groups -OCH3 is 1. The number of hydrogen-bond acceptors (Lipinski definition) is 4. The number of hydrogen-bond donors (Lipinski definition) is 1. The Morgan fingerprint density at radius 3 is 2.84 bits per heavy atom. The first-order valence-corrected chi connectivity index (χ1v) is 7.04. The molecule has 1 aliphatic heterocycles. The summed E-state index contributed by atoms with van der Waals surface area (Å²) in [6.45, 7) is 5.54. The van der Waals surface area contributed by atoms with Crippen LogP contribution in [0.5, 0.6) is 5.75 Å². The van der Waals surface area contributed by atoms with Crippen molar-refractivity contribution in [2.75, 3.05) is 44.4 Å². The molecular formula is C15H25N3O. The van der Waals surface area contributed by atoms with Crippen LogP contribution in [0.4, 0.5) is 11.4 Å². The largest absolute Gasteiger partial charge is 0.497 e. The van der Waals surface area contributed by atoms with Crippen LogP contribution in [-0.2, 0) is 0 Å². The van der Waals surface area contributed by atoms with Gasteiger partial charge in [-0.3, -0.25) is 0 Å². The Kier molecular flexibility index (Phi) is 4.53. The Hall–Kier alpha value is -1.42. The van der Waals surface area contributed by atoms with Gasteiger partial charge < -0.3 is 20.3 Å². The summed E-state index contributed by atoms with van der Waals surface area (Å²) in [6, 6.07) is 6.43. The second-order valence-corrected chi connectivity index (χ2v) is 5.30. The molecule has 1 heterocycles. The second-order valence-electron chi connectivity index (χ2n) is 5.30. The van der Waals surface area contributed by atoms with E-state index < -0.39 is 0 Å². The summed E-state index contributed by atoms with van der Waals surface area (Å²) in [6.07, 6.45) is 2.30. The van der Waals surface area contributed by atoms with E-state index in [0.29, 0.717) is 6.04 Å². The molecule has 2 rings (SSSR count). The Labute approximate surface area is 116 Å². The maximum Gasteiger partial charge on any atom is 0.121 e. The number of nitrogens with two attached hydrogens (primary N) is 1. The van der Waals surface area contributed by atoms with Gasteiger partial charge >= 0.3 is 0 Å².